The Morgan fingerprint density at radius 2 is 1.88 bits per heavy atom. The minimum atomic E-state index is -1.07. The number of carboxylic acids is 1. The summed E-state index contributed by atoms with van der Waals surface area (Å²) in [6.45, 7) is 4.21. The molecule has 40 heavy (non-hydrogen) atoms. The number of hydrogen-bond donors (Lipinski definition) is 2. The third-order valence-corrected chi connectivity index (χ3v) is 8.59. The Hall–Kier alpha value is -2.98. The molecular weight excluding hydrogens is 555 g/mol. The van der Waals surface area contributed by atoms with Crippen LogP contribution in [0, 0.1) is 0 Å². The summed E-state index contributed by atoms with van der Waals surface area (Å²) in [5, 5.41) is 31.2. The molecule has 3 heterocycles. The van der Waals surface area contributed by atoms with E-state index in [1.807, 2.05) is 26.0 Å². The lowest BCUT2D eigenvalue weighted by atomic mass is 9.78. The third-order valence-electron chi connectivity index (χ3n) is 8.02. The van der Waals surface area contributed by atoms with Gasteiger partial charge in [0.05, 0.1) is 33.9 Å². The summed E-state index contributed by atoms with van der Waals surface area (Å²) in [5.41, 5.74) is 2.49. The molecule has 0 saturated heterocycles. The topological polar surface area (TPSA) is 124 Å². The van der Waals surface area contributed by atoms with Crippen LogP contribution in [0.3, 0.4) is 0 Å². The van der Waals surface area contributed by atoms with Gasteiger partial charge in [0, 0.05) is 40.9 Å². The lowest BCUT2D eigenvalue weighted by Gasteiger charge is -2.36. The second-order valence-corrected chi connectivity index (χ2v) is 11.9. The van der Waals surface area contributed by atoms with Crippen molar-refractivity contribution in [3.8, 4) is 11.3 Å². The van der Waals surface area contributed by atoms with Gasteiger partial charge in [-0.15, -0.1) is 0 Å². The lowest BCUT2D eigenvalue weighted by molar-refractivity contribution is -0.0640. The number of hydrogen-bond acceptors (Lipinski definition) is 7. The molecule has 9 nitrogen and oxygen atoms in total. The molecule has 1 aromatic carbocycles. The van der Waals surface area contributed by atoms with Gasteiger partial charge < -0.3 is 19.5 Å². The number of fused-ring (bicyclic) bond motifs is 1. The van der Waals surface area contributed by atoms with Crippen molar-refractivity contribution in [3.63, 3.8) is 0 Å². The van der Waals surface area contributed by atoms with E-state index < -0.39 is 11.6 Å². The predicted molar refractivity (Wildman–Crippen MR) is 150 cm³/mol. The van der Waals surface area contributed by atoms with Crippen LogP contribution in [-0.2, 0) is 16.9 Å². The number of pyridine rings is 1. The standard InChI is InChI=1S/C29H30Cl2N4O5/c1-15(2)35-23-11-17(5-6-19(23)26(33-35)28(36)37)29(38)9-7-18(8-10-29)39-14-20-25(34-40-27(20)16-3-4-16)24-21(30)12-32-13-22(24)31/h5-6,11-13,15-16,18,38H,3-4,7-10,14H2,1-2H3,(H,36,37). The number of aliphatic hydroxyl groups is 1. The van der Waals surface area contributed by atoms with Crippen molar-refractivity contribution >= 4 is 40.1 Å². The van der Waals surface area contributed by atoms with Crippen LogP contribution in [0.4, 0.5) is 0 Å². The van der Waals surface area contributed by atoms with E-state index in [1.54, 1.807) is 10.7 Å². The molecule has 0 amide bonds. The molecule has 0 atom stereocenters. The highest BCUT2D eigenvalue weighted by atomic mass is 35.5. The molecule has 11 heteroatoms. The molecule has 2 aliphatic rings. The molecular formula is C29H30Cl2N4O5. The highest BCUT2D eigenvalue weighted by molar-refractivity contribution is 6.38. The highest BCUT2D eigenvalue weighted by Gasteiger charge is 2.37. The van der Waals surface area contributed by atoms with Crippen molar-refractivity contribution < 1.29 is 24.3 Å². The fourth-order valence-electron chi connectivity index (χ4n) is 5.67. The van der Waals surface area contributed by atoms with Crippen molar-refractivity contribution in [1.29, 1.82) is 0 Å². The molecule has 0 spiro atoms. The molecule has 4 aromatic rings. The van der Waals surface area contributed by atoms with E-state index in [0.717, 1.165) is 29.7 Å². The van der Waals surface area contributed by atoms with Crippen LogP contribution in [0.1, 0.15) is 91.7 Å². The number of ether oxygens (including phenoxy) is 1. The predicted octanol–water partition coefficient (Wildman–Crippen LogP) is 6.90. The third kappa shape index (κ3) is 4.89. The molecule has 0 aliphatic heterocycles. The molecule has 210 valence electrons. The fraction of sp³-hybridized carbons (Fsp3) is 0.448. The van der Waals surface area contributed by atoms with E-state index in [9.17, 15) is 15.0 Å². The zero-order chi connectivity index (χ0) is 28.2. The van der Waals surface area contributed by atoms with Gasteiger partial charge in [-0.1, -0.05) is 34.4 Å². The molecule has 0 unspecified atom stereocenters. The smallest absolute Gasteiger partial charge is 0.357 e. The van der Waals surface area contributed by atoms with Gasteiger partial charge in [-0.25, -0.2) is 4.79 Å². The van der Waals surface area contributed by atoms with Crippen molar-refractivity contribution in [3.05, 3.63) is 63.2 Å². The summed E-state index contributed by atoms with van der Waals surface area (Å²) >= 11 is 12.9. The lowest BCUT2D eigenvalue weighted by Crippen LogP contribution is -2.34. The number of rotatable bonds is 8. The number of aromatic nitrogens is 4. The molecule has 2 N–H and O–H groups in total. The first kappa shape index (κ1) is 27.2. The van der Waals surface area contributed by atoms with E-state index in [2.05, 4.69) is 15.2 Å². The molecule has 0 radical (unpaired) electrons. The van der Waals surface area contributed by atoms with Crippen molar-refractivity contribution in [2.75, 3.05) is 0 Å². The summed E-state index contributed by atoms with van der Waals surface area (Å²) in [6, 6.07) is 5.42. The van der Waals surface area contributed by atoms with E-state index in [1.165, 1.54) is 12.4 Å². The monoisotopic (exact) mass is 584 g/mol. The first-order chi connectivity index (χ1) is 19.2. The number of carbonyl (C=O) groups is 1. The summed E-state index contributed by atoms with van der Waals surface area (Å²) in [6.07, 6.45) is 7.46. The number of nitrogens with zero attached hydrogens (tertiary/aromatic N) is 4. The number of benzene rings is 1. The van der Waals surface area contributed by atoms with Gasteiger partial charge in [0.25, 0.3) is 0 Å². The van der Waals surface area contributed by atoms with Crippen LogP contribution in [-0.4, -0.2) is 42.2 Å². The SMILES string of the molecule is CC(C)n1nc(C(=O)O)c2ccc(C3(O)CCC(OCc4c(-c5c(Cl)cncc5Cl)noc4C4CC4)CC3)cc21. The average Bonchev–Trinajstić information content (AvgIpc) is 3.56. The van der Waals surface area contributed by atoms with Crippen LogP contribution in [0.25, 0.3) is 22.2 Å². The first-order valence-corrected chi connectivity index (χ1v) is 14.3. The zero-order valence-corrected chi connectivity index (χ0v) is 23.7. The maximum absolute atomic E-state index is 11.7. The fourth-order valence-corrected chi connectivity index (χ4v) is 6.21. The minimum Gasteiger partial charge on any atom is -0.476 e. The number of aromatic carboxylic acids is 1. The zero-order valence-electron chi connectivity index (χ0n) is 22.2. The van der Waals surface area contributed by atoms with Crippen LogP contribution in [0.5, 0.6) is 0 Å². The summed E-state index contributed by atoms with van der Waals surface area (Å²) < 4.78 is 13.8. The van der Waals surface area contributed by atoms with E-state index >= 15 is 0 Å². The van der Waals surface area contributed by atoms with Crippen LogP contribution in [0.15, 0.2) is 35.1 Å². The Morgan fingerprint density at radius 1 is 1.18 bits per heavy atom. The van der Waals surface area contributed by atoms with Crippen molar-refractivity contribution in [2.24, 2.45) is 0 Å². The second-order valence-electron chi connectivity index (χ2n) is 11.1. The van der Waals surface area contributed by atoms with Gasteiger partial charge >= 0.3 is 5.97 Å². The normalized spacial score (nSPS) is 21.4. The number of carboxylic acid groups (broad SMARTS) is 1. The Balaban J connectivity index is 1.19. The Morgan fingerprint density at radius 3 is 2.50 bits per heavy atom. The Kier molecular flexibility index (Phi) is 7.11. The van der Waals surface area contributed by atoms with Gasteiger partial charge in [-0.05, 0) is 70.1 Å². The summed E-state index contributed by atoms with van der Waals surface area (Å²) in [7, 11) is 0. The Labute approximate surface area is 241 Å². The maximum Gasteiger partial charge on any atom is 0.357 e. The molecule has 2 aliphatic carbocycles. The summed E-state index contributed by atoms with van der Waals surface area (Å²) in [5.74, 6) is 0.0800. The van der Waals surface area contributed by atoms with Gasteiger partial charge in [0.1, 0.15) is 11.5 Å². The largest absolute Gasteiger partial charge is 0.476 e. The maximum atomic E-state index is 11.7. The Bertz CT molecular complexity index is 1560. The van der Waals surface area contributed by atoms with E-state index in [-0.39, 0.29) is 17.8 Å². The molecule has 3 aromatic heterocycles. The van der Waals surface area contributed by atoms with Gasteiger partial charge in [-0.2, -0.15) is 5.10 Å². The molecule has 2 fully saturated rings. The highest BCUT2D eigenvalue weighted by Crippen LogP contribution is 2.46. The van der Waals surface area contributed by atoms with Crippen molar-refractivity contribution in [2.45, 2.75) is 82.6 Å². The van der Waals surface area contributed by atoms with Crippen LogP contribution >= 0.6 is 23.2 Å². The van der Waals surface area contributed by atoms with Gasteiger partial charge in [0.15, 0.2) is 5.69 Å². The average molecular weight is 585 g/mol. The number of halogens is 2. The van der Waals surface area contributed by atoms with E-state index in [0.29, 0.717) is 70.4 Å². The van der Waals surface area contributed by atoms with Gasteiger partial charge in [0.2, 0.25) is 0 Å². The van der Waals surface area contributed by atoms with E-state index in [4.69, 9.17) is 32.5 Å². The second kappa shape index (κ2) is 10.4. The minimum absolute atomic E-state index is 0.0207. The summed E-state index contributed by atoms with van der Waals surface area (Å²) in [4.78, 5) is 15.8. The molecule has 2 saturated carbocycles. The molecule has 0 bridgehead atoms. The molecule has 6 rings (SSSR count). The quantitative estimate of drug-likeness (QED) is 0.229. The van der Waals surface area contributed by atoms with Crippen molar-refractivity contribution in [1.82, 2.24) is 19.9 Å². The first-order valence-electron chi connectivity index (χ1n) is 13.5. The van der Waals surface area contributed by atoms with Crippen LogP contribution < -0.4 is 0 Å². The van der Waals surface area contributed by atoms with Crippen LogP contribution in [0.2, 0.25) is 10.0 Å². The van der Waals surface area contributed by atoms with Gasteiger partial charge in [-0.3, -0.25) is 9.67 Å².